The van der Waals surface area contributed by atoms with E-state index < -0.39 is 5.60 Å². The molecule has 0 unspecified atom stereocenters. The van der Waals surface area contributed by atoms with Gasteiger partial charge in [-0.25, -0.2) is 4.98 Å². The molecule has 0 aliphatic rings. The van der Waals surface area contributed by atoms with E-state index in [2.05, 4.69) is 10.3 Å². The zero-order valence-electron chi connectivity index (χ0n) is 11.2. The molecule has 0 atom stereocenters. The topological polar surface area (TPSA) is 66.6 Å². The lowest BCUT2D eigenvalue weighted by Gasteiger charge is -2.25. The molecule has 5 nitrogen and oxygen atoms in total. The van der Waals surface area contributed by atoms with Crippen molar-refractivity contribution in [2.24, 2.45) is 0 Å². The standard InChI is InChI=1S/C13H19N3O2S/c1-3-13(18,4-2)9-14-11(17)7-10-8-16-5-6-19-12(16)15-10/h5-6,8,18H,3-4,7,9H2,1-2H3,(H,14,17). The van der Waals surface area contributed by atoms with Crippen LogP contribution in [0.25, 0.3) is 4.96 Å². The van der Waals surface area contributed by atoms with Gasteiger partial charge in [0.05, 0.1) is 17.7 Å². The van der Waals surface area contributed by atoms with E-state index in [1.54, 1.807) is 11.3 Å². The van der Waals surface area contributed by atoms with Gasteiger partial charge in [0, 0.05) is 24.3 Å². The van der Waals surface area contributed by atoms with Crippen molar-refractivity contribution in [3.8, 4) is 0 Å². The Morgan fingerprint density at radius 1 is 1.53 bits per heavy atom. The maximum Gasteiger partial charge on any atom is 0.226 e. The van der Waals surface area contributed by atoms with Crippen molar-refractivity contribution in [1.82, 2.24) is 14.7 Å². The van der Waals surface area contributed by atoms with Crippen molar-refractivity contribution in [2.45, 2.75) is 38.7 Å². The highest BCUT2D eigenvalue weighted by atomic mass is 32.1. The third-order valence-corrected chi connectivity index (χ3v) is 4.19. The Morgan fingerprint density at radius 2 is 2.26 bits per heavy atom. The van der Waals surface area contributed by atoms with Gasteiger partial charge in [0.2, 0.25) is 5.91 Å². The van der Waals surface area contributed by atoms with Crippen LogP contribution in [-0.4, -0.2) is 32.5 Å². The fourth-order valence-corrected chi connectivity index (χ4v) is 2.57. The first-order valence-electron chi connectivity index (χ1n) is 6.46. The maximum absolute atomic E-state index is 11.8. The summed E-state index contributed by atoms with van der Waals surface area (Å²) in [7, 11) is 0. The molecule has 0 spiro atoms. The molecule has 19 heavy (non-hydrogen) atoms. The monoisotopic (exact) mass is 281 g/mol. The minimum atomic E-state index is -0.801. The highest BCUT2D eigenvalue weighted by Crippen LogP contribution is 2.14. The molecule has 0 aromatic carbocycles. The third kappa shape index (κ3) is 3.33. The number of nitrogens with one attached hydrogen (secondary N) is 1. The minimum Gasteiger partial charge on any atom is -0.388 e. The number of imidazole rings is 1. The van der Waals surface area contributed by atoms with Gasteiger partial charge in [0.25, 0.3) is 0 Å². The second-order valence-corrected chi connectivity index (χ2v) is 5.58. The van der Waals surface area contributed by atoms with Crippen molar-refractivity contribution >= 4 is 22.2 Å². The quantitative estimate of drug-likeness (QED) is 0.845. The molecule has 1 amide bonds. The van der Waals surface area contributed by atoms with Crippen LogP contribution in [0.2, 0.25) is 0 Å². The summed E-state index contributed by atoms with van der Waals surface area (Å²) < 4.78 is 1.90. The van der Waals surface area contributed by atoms with Crippen LogP contribution < -0.4 is 5.32 Å². The van der Waals surface area contributed by atoms with Crippen molar-refractivity contribution in [3.05, 3.63) is 23.5 Å². The zero-order valence-corrected chi connectivity index (χ0v) is 12.0. The summed E-state index contributed by atoms with van der Waals surface area (Å²) in [5.41, 5.74) is -0.0506. The van der Waals surface area contributed by atoms with E-state index in [-0.39, 0.29) is 12.3 Å². The summed E-state index contributed by atoms with van der Waals surface area (Å²) in [6, 6.07) is 0. The van der Waals surface area contributed by atoms with Crippen LogP contribution in [0.1, 0.15) is 32.4 Å². The average Bonchev–Trinajstić information content (AvgIpc) is 2.97. The van der Waals surface area contributed by atoms with E-state index >= 15 is 0 Å². The molecule has 0 aliphatic heterocycles. The highest BCUT2D eigenvalue weighted by Gasteiger charge is 2.22. The van der Waals surface area contributed by atoms with Gasteiger partial charge in [-0.15, -0.1) is 11.3 Å². The van der Waals surface area contributed by atoms with Crippen LogP contribution in [0.3, 0.4) is 0 Å². The van der Waals surface area contributed by atoms with E-state index in [4.69, 9.17) is 0 Å². The zero-order chi connectivity index (χ0) is 13.9. The number of nitrogens with zero attached hydrogens (tertiary/aromatic N) is 2. The molecule has 0 saturated carbocycles. The molecule has 2 rings (SSSR count). The first-order valence-corrected chi connectivity index (χ1v) is 7.34. The van der Waals surface area contributed by atoms with Crippen LogP contribution in [-0.2, 0) is 11.2 Å². The fraction of sp³-hybridized carbons (Fsp3) is 0.538. The molecular weight excluding hydrogens is 262 g/mol. The van der Waals surface area contributed by atoms with Crippen molar-refractivity contribution in [1.29, 1.82) is 0 Å². The number of rotatable bonds is 6. The van der Waals surface area contributed by atoms with Gasteiger partial charge in [0.15, 0.2) is 4.96 Å². The molecule has 104 valence electrons. The lowest BCUT2D eigenvalue weighted by Crippen LogP contribution is -2.42. The molecule has 0 fully saturated rings. The number of aliphatic hydroxyl groups is 1. The maximum atomic E-state index is 11.8. The van der Waals surface area contributed by atoms with Crippen molar-refractivity contribution < 1.29 is 9.90 Å². The van der Waals surface area contributed by atoms with Gasteiger partial charge in [-0.2, -0.15) is 0 Å². The largest absolute Gasteiger partial charge is 0.388 e. The Labute approximate surface area is 116 Å². The number of amides is 1. The first-order chi connectivity index (χ1) is 9.06. The number of hydrogen-bond acceptors (Lipinski definition) is 4. The summed E-state index contributed by atoms with van der Waals surface area (Å²) in [4.78, 5) is 17.1. The van der Waals surface area contributed by atoms with Crippen LogP contribution >= 0.6 is 11.3 Å². The van der Waals surface area contributed by atoms with Gasteiger partial charge in [0.1, 0.15) is 0 Å². The van der Waals surface area contributed by atoms with Gasteiger partial charge in [-0.05, 0) is 12.8 Å². The number of carbonyl (C=O) groups is 1. The van der Waals surface area contributed by atoms with Crippen LogP contribution in [0.5, 0.6) is 0 Å². The van der Waals surface area contributed by atoms with Crippen molar-refractivity contribution in [3.63, 3.8) is 0 Å². The number of carbonyl (C=O) groups excluding carboxylic acids is 1. The lowest BCUT2D eigenvalue weighted by molar-refractivity contribution is -0.121. The number of fused-ring (bicyclic) bond motifs is 1. The molecule has 0 aliphatic carbocycles. The van der Waals surface area contributed by atoms with E-state index in [0.717, 1.165) is 10.7 Å². The molecular formula is C13H19N3O2S. The SMILES string of the molecule is CCC(O)(CC)CNC(=O)Cc1cn2ccsc2n1. The molecule has 2 heterocycles. The second-order valence-electron chi connectivity index (χ2n) is 4.71. The molecule has 6 heteroatoms. The summed E-state index contributed by atoms with van der Waals surface area (Å²) in [5.74, 6) is -0.105. The number of hydrogen-bond donors (Lipinski definition) is 2. The first kappa shape index (κ1) is 14.0. The Morgan fingerprint density at radius 3 is 2.89 bits per heavy atom. The summed E-state index contributed by atoms with van der Waals surface area (Å²) in [6.07, 6.45) is 5.28. The second kappa shape index (κ2) is 5.71. The average molecular weight is 281 g/mol. The Hall–Kier alpha value is -1.40. The van der Waals surface area contributed by atoms with E-state index in [1.807, 2.05) is 36.0 Å². The summed E-state index contributed by atoms with van der Waals surface area (Å²) in [5, 5.41) is 14.8. The van der Waals surface area contributed by atoms with Gasteiger partial charge in [-0.3, -0.25) is 9.20 Å². The number of thiazole rings is 1. The fourth-order valence-electron chi connectivity index (χ4n) is 1.85. The molecule has 0 radical (unpaired) electrons. The minimum absolute atomic E-state index is 0.105. The normalized spacial score (nSPS) is 11.9. The van der Waals surface area contributed by atoms with Crippen LogP contribution in [0.4, 0.5) is 0 Å². The Balaban J connectivity index is 1.89. The van der Waals surface area contributed by atoms with Gasteiger partial charge >= 0.3 is 0 Å². The molecule has 0 saturated heterocycles. The highest BCUT2D eigenvalue weighted by molar-refractivity contribution is 7.15. The predicted molar refractivity (Wildman–Crippen MR) is 75.3 cm³/mol. The van der Waals surface area contributed by atoms with Crippen molar-refractivity contribution in [2.75, 3.05) is 6.54 Å². The molecule has 2 aromatic rings. The van der Waals surface area contributed by atoms with E-state index in [1.165, 1.54) is 0 Å². The third-order valence-electron chi connectivity index (χ3n) is 3.42. The molecule has 2 aromatic heterocycles. The summed E-state index contributed by atoms with van der Waals surface area (Å²) >= 11 is 1.54. The Kier molecular flexibility index (Phi) is 4.21. The smallest absolute Gasteiger partial charge is 0.226 e. The lowest BCUT2D eigenvalue weighted by atomic mass is 9.97. The van der Waals surface area contributed by atoms with Crippen LogP contribution in [0, 0.1) is 0 Å². The van der Waals surface area contributed by atoms with E-state index in [0.29, 0.717) is 19.4 Å². The Bertz CT molecular complexity index is 528. The predicted octanol–water partition coefficient (Wildman–Crippen LogP) is 1.61. The molecule has 2 N–H and O–H groups in total. The number of aromatic nitrogens is 2. The van der Waals surface area contributed by atoms with Crippen LogP contribution in [0.15, 0.2) is 17.8 Å². The van der Waals surface area contributed by atoms with Gasteiger partial charge in [-0.1, -0.05) is 13.8 Å². The summed E-state index contributed by atoms with van der Waals surface area (Å²) in [6.45, 7) is 4.12. The van der Waals surface area contributed by atoms with E-state index in [9.17, 15) is 9.90 Å². The van der Waals surface area contributed by atoms with Gasteiger partial charge < -0.3 is 10.4 Å². The molecule has 0 bridgehead atoms.